The molecule has 1 heterocycles. The summed E-state index contributed by atoms with van der Waals surface area (Å²) in [5.74, 6) is -1.56. The number of aromatic nitrogens is 1. The lowest BCUT2D eigenvalue weighted by Gasteiger charge is -2.16. The lowest BCUT2D eigenvalue weighted by Crippen LogP contribution is -2.34. The molecule has 1 rings (SSSR count). The topological polar surface area (TPSA) is 88.5 Å². The molecule has 2 N–H and O–H groups in total. The zero-order chi connectivity index (χ0) is 13.9. The first-order valence-electron chi connectivity index (χ1n) is 5.42. The molecule has 0 unspecified atom stereocenters. The van der Waals surface area contributed by atoms with Gasteiger partial charge in [-0.25, -0.2) is 14.6 Å². The summed E-state index contributed by atoms with van der Waals surface area (Å²) >= 11 is 1.23. The van der Waals surface area contributed by atoms with Gasteiger partial charge in [-0.1, -0.05) is 13.8 Å². The molecular weight excluding hydrogens is 256 g/mol. The zero-order valence-electron chi connectivity index (χ0n) is 10.7. The van der Waals surface area contributed by atoms with Crippen molar-refractivity contribution in [1.29, 1.82) is 0 Å². The fraction of sp³-hybridized carbons (Fsp3) is 0.545. The number of ether oxygens (including phenoxy) is 1. The standard InChI is InChI=1S/C11H16N2O4S/c1-5(2)7(9(14)15)12-11-13-8(6(3)18-11)10(16)17-4/h5,7H,1-4H3,(H,12,13)(H,14,15)/t7-/m0/s1. The lowest BCUT2D eigenvalue weighted by atomic mass is 10.1. The van der Waals surface area contributed by atoms with Crippen molar-refractivity contribution in [1.82, 2.24) is 4.98 Å². The Bertz CT molecular complexity index is 456. The van der Waals surface area contributed by atoms with E-state index in [-0.39, 0.29) is 11.6 Å². The Morgan fingerprint density at radius 1 is 1.44 bits per heavy atom. The molecule has 1 aromatic heterocycles. The first kappa shape index (κ1) is 14.4. The molecule has 0 bridgehead atoms. The Kier molecular flexibility index (Phi) is 4.66. The molecule has 100 valence electrons. The van der Waals surface area contributed by atoms with Crippen LogP contribution in [0.15, 0.2) is 0 Å². The second kappa shape index (κ2) is 5.81. The van der Waals surface area contributed by atoms with Crippen molar-refractivity contribution in [2.24, 2.45) is 5.92 Å². The van der Waals surface area contributed by atoms with Crippen LogP contribution < -0.4 is 5.32 Å². The Morgan fingerprint density at radius 2 is 2.06 bits per heavy atom. The molecule has 1 atom stereocenters. The second-order valence-electron chi connectivity index (χ2n) is 4.12. The van der Waals surface area contributed by atoms with Crippen molar-refractivity contribution in [3.63, 3.8) is 0 Å². The summed E-state index contributed by atoms with van der Waals surface area (Å²) in [5.41, 5.74) is 0.220. The molecule has 0 spiro atoms. The molecule has 0 saturated heterocycles. The number of carbonyl (C=O) groups is 2. The summed E-state index contributed by atoms with van der Waals surface area (Å²) in [6.45, 7) is 5.33. The Morgan fingerprint density at radius 3 is 2.50 bits per heavy atom. The zero-order valence-corrected chi connectivity index (χ0v) is 11.5. The van der Waals surface area contributed by atoms with Gasteiger partial charge in [0.1, 0.15) is 6.04 Å². The maximum atomic E-state index is 11.4. The highest BCUT2D eigenvalue weighted by atomic mass is 32.1. The molecule has 0 saturated carbocycles. The van der Waals surface area contributed by atoms with Crippen LogP contribution in [0.1, 0.15) is 29.2 Å². The van der Waals surface area contributed by atoms with Gasteiger partial charge in [0.25, 0.3) is 0 Å². The fourth-order valence-corrected chi connectivity index (χ4v) is 2.23. The fourth-order valence-electron chi connectivity index (χ4n) is 1.39. The first-order valence-corrected chi connectivity index (χ1v) is 6.23. The number of hydrogen-bond donors (Lipinski definition) is 2. The van der Waals surface area contributed by atoms with Crippen molar-refractivity contribution in [3.05, 3.63) is 10.6 Å². The minimum atomic E-state index is -0.947. The highest BCUT2D eigenvalue weighted by Gasteiger charge is 2.24. The van der Waals surface area contributed by atoms with Crippen molar-refractivity contribution in [2.45, 2.75) is 26.8 Å². The van der Waals surface area contributed by atoms with E-state index in [1.54, 1.807) is 20.8 Å². The third-order valence-corrected chi connectivity index (χ3v) is 3.29. The molecule has 0 fully saturated rings. The number of carboxylic acid groups (broad SMARTS) is 1. The van der Waals surface area contributed by atoms with E-state index in [2.05, 4.69) is 15.0 Å². The van der Waals surface area contributed by atoms with Crippen LogP contribution >= 0.6 is 11.3 Å². The van der Waals surface area contributed by atoms with E-state index < -0.39 is 18.0 Å². The van der Waals surface area contributed by atoms with Gasteiger partial charge in [-0.15, -0.1) is 11.3 Å². The summed E-state index contributed by atoms with van der Waals surface area (Å²) in [7, 11) is 1.28. The number of carboxylic acids is 1. The van der Waals surface area contributed by atoms with E-state index >= 15 is 0 Å². The van der Waals surface area contributed by atoms with Gasteiger partial charge in [-0.05, 0) is 12.8 Å². The normalized spacial score (nSPS) is 12.3. The van der Waals surface area contributed by atoms with Gasteiger partial charge in [-0.3, -0.25) is 0 Å². The van der Waals surface area contributed by atoms with E-state index in [1.165, 1.54) is 18.4 Å². The van der Waals surface area contributed by atoms with Crippen LogP contribution in [0, 0.1) is 12.8 Å². The number of hydrogen-bond acceptors (Lipinski definition) is 6. The SMILES string of the molecule is COC(=O)c1nc(N[C@H](C(=O)O)C(C)C)sc1C. The third-order valence-electron chi connectivity index (χ3n) is 2.39. The second-order valence-corrected chi connectivity index (χ2v) is 5.32. The van der Waals surface area contributed by atoms with Crippen molar-refractivity contribution in [3.8, 4) is 0 Å². The lowest BCUT2D eigenvalue weighted by molar-refractivity contribution is -0.138. The van der Waals surface area contributed by atoms with Crippen LogP contribution in [0.5, 0.6) is 0 Å². The molecule has 0 radical (unpaired) electrons. The number of methoxy groups -OCH3 is 1. The number of nitrogens with one attached hydrogen (secondary N) is 1. The summed E-state index contributed by atoms with van der Waals surface area (Å²) in [4.78, 5) is 27.2. The van der Waals surface area contributed by atoms with Gasteiger partial charge in [-0.2, -0.15) is 0 Å². The number of aryl methyl sites for hydroxylation is 1. The molecule has 0 aromatic carbocycles. The molecule has 7 heteroatoms. The van der Waals surface area contributed by atoms with Crippen molar-refractivity contribution in [2.75, 3.05) is 12.4 Å². The van der Waals surface area contributed by atoms with E-state index in [9.17, 15) is 9.59 Å². The smallest absolute Gasteiger partial charge is 0.357 e. The number of anilines is 1. The van der Waals surface area contributed by atoms with Crippen LogP contribution in [-0.4, -0.2) is 35.2 Å². The number of nitrogens with zero attached hydrogens (tertiary/aromatic N) is 1. The quantitative estimate of drug-likeness (QED) is 0.794. The number of thiazole rings is 1. The molecule has 1 aromatic rings. The first-order chi connectivity index (χ1) is 8.36. The third kappa shape index (κ3) is 3.19. The molecule has 0 aliphatic carbocycles. The van der Waals surface area contributed by atoms with E-state index in [1.807, 2.05) is 0 Å². The van der Waals surface area contributed by atoms with Gasteiger partial charge in [0, 0.05) is 4.88 Å². The summed E-state index contributed by atoms with van der Waals surface area (Å²) in [6, 6.07) is -0.735. The van der Waals surface area contributed by atoms with Crippen LogP contribution in [0.2, 0.25) is 0 Å². The molecule has 6 nitrogen and oxygen atoms in total. The maximum Gasteiger partial charge on any atom is 0.357 e. The monoisotopic (exact) mass is 272 g/mol. The maximum absolute atomic E-state index is 11.4. The van der Waals surface area contributed by atoms with Gasteiger partial charge in [0.05, 0.1) is 7.11 Å². The molecule has 18 heavy (non-hydrogen) atoms. The minimum absolute atomic E-state index is 0.0896. The van der Waals surface area contributed by atoms with Gasteiger partial charge < -0.3 is 15.2 Å². The van der Waals surface area contributed by atoms with Gasteiger partial charge in [0.2, 0.25) is 0 Å². The van der Waals surface area contributed by atoms with Gasteiger partial charge >= 0.3 is 11.9 Å². The van der Waals surface area contributed by atoms with Crippen LogP contribution in [0.3, 0.4) is 0 Å². The number of rotatable bonds is 5. The summed E-state index contributed by atoms with van der Waals surface area (Å²) in [6.07, 6.45) is 0. The minimum Gasteiger partial charge on any atom is -0.480 e. The van der Waals surface area contributed by atoms with E-state index in [0.717, 1.165) is 0 Å². The van der Waals surface area contributed by atoms with E-state index in [4.69, 9.17) is 5.11 Å². The average molecular weight is 272 g/mol. The van der Waals surface area contributed by atoms with Gasteiger partial charge in [0.15, 0.2) is 10.8 Å². The Balaban J connectivity index is 2.92. The van der Waals surface area contributed by atoms with Crippen LogP contribution in [0.4, 0.5) is 5.13 Å². The number of carbonyl (C=O) groups excluding carboxylic acids is 1. The Hall–Kier alpha value is -1.63. The van der Waals surface area contributed by atoms with Crippen molar-refractivity contribution < 1.29 is 19.4 Å². The highest BCUT2D eigenvalue weighted by Crippen LogP contribution is 2.24. The molecule has 0 aliphatic rings. The number of aliphatic carboxylic acids is 1. The van der Waals surface area contributed by atoms with E-state index in [0.29, 0.717) is 10.0 Å². The van der Waals surface area contributed by atoms with Crippen LogP contribution in [-0.2, 0) is 9.53 Å². The molecule has 0 amide bonds. The Labute approximate surface area is 109 Å². The molecular formula is C11H16N2O4S. The average Bonchev–Trinajstić information content (AvgIpc) is 2.65. The van der Waals surface area contributed by atoms with Crippen molar-refractivity contribution >= 4 is 28.4 Å². The van der Waals surface area contributed by atoms with Crippen LogP contribution in [0.25, 0.3) is 0 Å². The predicted octanol–water partition coefficient (Wildman–Crippen LogP) is 1.76. The summed E-state index contributed by atoms with van der Waals surface area (Å²) < 4.78 is 4.59. The molecule has 0 aliphatic heterocycles. The summed E-state index contributed by atoms with van der Waals surface area (Å²) in [5, 5.41) is 12.3. The number of esters is 1. The highest BCUT2D eigenvalue weighted by molar-refractivity contribution is 7.15. The predicted molar refractivity (Wildman–Crippen MR) is 68.1 cm³/mol. The largest absolute Gasteiger partial charge is 0.480 e.